The predicted octanol–water partition coefficient (Wildman–Crippen LogP) is 9.32. The average molecular weight is 683 g/mol. The Morgan fingerprint density at radius 2 is 1.43 bits per heavy atom. The third-order valence-corrected chi connectivity index (χ3v) is 9.60. The fourth-order valence-electron chi connectivity index (χ4n) is 4.76. The number of anilines is 3. The number of hydrogen-bond acceptors (Lipinski definition) is 5. The second-order valence-corrected chi connectivity index (χ2v) is 13.1. The zero-order valence-electron chi connectivity index (χ0n) is 24.1. The van der Waals surface area contributed by atoms with Gasteiger partial charge >= 0.3 is 0 Å². The fourth-order valence-corrected chi connectivity index (χ4v) is 7.09. The van der Waals surface area contributed by atoms with Crippen LogP contribution in [0.2, 0.25) is 10.0 Å². The van der Waals surface area contributed by atoms with Gasteiger partial charge in [0.25, 0.3) is 11.8 Å². The molecule has 5 aromatic rings. The van der Waals surface area contributed by atoms with Crippen LogP contribution in [-0.2, 0) is 9.59 Å². The van der Waals surface area contributed by atoms with Gasteiger partial charge in [0.05, 0.1) is 17.1 Å². The largest absolute Gasteiger partial charge is 0.321 e. The Morgan fingerprint density at radius 1 is 0.761 bits per heavy atom. The molecule has 1 aliphatic heterocycles. The van der Waals surface area contributed by atoms with Crippen molar-refractivity contribution in [2.45, 2.75) is 14.7 Å². The van der Waals surface area contributed by atoms with E-state index in [0.717, 1.165) is 26.1 Å². The summed E-state index contributed by atoms with van der Waals surface area (Å²) in [5.74, 6) is -0.881. The van der Waals surface area contributed by atoms with E-state index in [9.17, 15) is 14.4 Å². The van der Waals surface area contributed by atoms with Crippen molar-refractivity contribution < 1.29 is 14.4 Å². The fraction of sp³-hybridized carbons (Fsp3) is 0.0278. The maximum Gasteiger partial charge on any atom is 0.272 e. The van der Waals surface area contributed by atoms with Crippen molar-refractivity contribution >= 4 is 87.6 Å². The Hall–Kier alpha value is -4.47. The normalized spacial score (nSPS) is 12.1. The molecular formula is C36H25Cl2N3O3S2. The van der Waals surface area contributed by atoms with Crippen molar-refractivity contribution in [3.05, 3.63) is 148 Å². The third-order valence-electron chi connectivity index (χ3n) is 6.93. The highest BCUT2D eigenvalue weighted by atomic mass is 35.5. The summed E-state index contributed by atoms with van der Waals surface area (Å²) in [6, 6.07) is 36.4. The minimum Gasteiger partial charge on any atom is -0.321 e. The minimum absolute atomic E-state index is 0.00777. The summed E-state index contributed by atoms with van der Waals surface area (Å²) in [7, 11) is 0. The molecule has 0 radical (unpaired) electrons. The van der Waals surface area contributed by atoms with Gasteiger partial charge in [0.15, 0.2) is 0 Å². The SMILES string of the molecule is O=C(Nc1cccc(SCC(=O)N2c3ccccc3Sc3ccccc32)c1)/C(=C/c1ccc(Cl)cc1Cl)NC(=O)c1ccccc1. The molecule has 0 bridgehead atoms. The number of carbonyl (C=O) groups is 3. The molecule has 0 saturated heterocycles. The third kappa shape index (κ3) is 7.32. The molecule has 46 heavy (non-hydrogen) atoms. The first-order valence-electron chi connectivity index (χ1n) is 14.1. The van der Waals surface area contributed by atoms with E-state index < -0.39 is 11.8 Å². The lowest BCUT2D eigenvalue weighted by Gasteiger charge is -2.31. The lowest BCUT2D eigenvalue weighted by Crippen LogP contribution is -2.30. The van der Waals surface area contributed by atoms with Gasteiger partial charge in [-0.3, -0.25) is 19.3 Å². The van der Waals surface area contributed by atoms with Gasteiger partial charge in [0.2, 0.25) is 5.91 Å². The number of hydrogen-bond donors (Lipinski definition) is 2. The molecule has 0 aliphatic carbocycles. The molecule has 3 amide bonds. The number of amides is 3. The number of nitrogens with zero attached hydrogens (tertiary/aromatic N) is 1. The summed E-state index contributed by atoms with van der Waals surface area (Å²) >= 11 is 15.5. The molecule has 6 nitrogen and oxygen atoms in total. The van der Waals surface area contributed by atoms with Crippen LogP contribution in [0.15, 0.2) is 142 Å². The number of fused-ring (bicyclic) bond motifs is 2. The van der Waals surface area contributed by atoms with Crippen LogP contribution in [0.4, 0.5) is 17.1 Å². The van der Waals surface area contributed by atoms with E-state index in [-0.39, 0.29) is 17.4 Å². The molecule has 0 atom stereocenters. The topological polar surface area (TPSA) is 78.5 Å². The summed E-state index contributed by atoms with van der Waals surface area (Å²) in [5.41, 5.74) is 3.10. The van der Waals surface area contributed by atoms with Gasteiger partial charge in [0, 0.05) is 36.0 Å². The minimum atomic E-state index is -0.549. The molecule has 5 aromatic carbocycles. The van der Waals surface area contributed by atoms with E-state index in [4.69, 9.17) is 23.2 Å². The van der Waals surface area contributed by atoms with Gasteiger partial charge in [-0.15, -0.1) is 11.8 Å². The van der Waals surface area contributed by atoms with Crippen LogP contribution in [0.3, 0.4) is 0 Å². The second kappa shape index (κ2) is 14.3. The second-order valence-electron chi connectivity index (χ2n) is 10.1. The summed E-state index contributed by atoms with van der Waals surface area (Å²) in [5, 5.41) is 6.35. The monoisotopic (exact) mass is 681 g/mol. The molecule has 1 aliphatic rings. The number of nitrogens with one attached hydrogen (secondary N) is 2. The molecule has 0 fully saturated rings. The Labute approximate surface area is 284 Å². The van der Waals surface area contributed by atoms with Crippen LogP contribution in [0.1, 0.15) is 15.9 Å². The van der Waals surface area contributed by atoms with Crippen LogP contribution >= 0.6 is 46.7 Å². The Bertz CT molecular complexity index is 1940. The molecule has 228 valence electrons. The van der Waals surface area contributed by atoms with Gasteiger partial charge in [-0.2, -0.15) is 0 Å². The van der Waals surface area contributed by atoms with E-state index in [2.05, 4.69) is 10.6 Å². The first kappa shape index (κ1) is 31.5. The Kier molecular flexibility index (Phi) is 9.80. The highest BCUT2D eigenvalue weighted by Crippen LogP contribution is 2.48. The number of thioether (sulfide) groups is 1. The van der Waals surface area contributed by atoms with E-state index in [1.807, 2.05) is 54.6 Å². The van der Waals surface area contributed by atoms with E-state index in [0.29, 0.717) is 26.9 Å². The van der Waals surface area contributed by atoms with Crippen LogP contribution in [0.5, 0.6) is 0 Å². The van der Waals surface area contributed by atoms with E-state index in [1.165, 1.54) is 17.8 Å². The standard InChI is InChI=1S/C36H25Cl2N3O3S2/c37-25-18-17-24(28(38)20-25)19-29(40-35(43)23-9-2-1-3-10-23)36(44)39-26-11-8-12-27(21-26)45-22-34(42)41-30-13-4-6-15-32(30)46-33-16-7-5-14-31(33)41/h1-21H,22H2,(H,39,44)(H,40,43)/b29-19-. The van der Waals surface area contributed by atoms with Crippen molar-refractivity contribution in [3.63, 3.8) is 0 Å². The number of rotatable bonds is 8. The van der Waals surface area contributed by atoms with Crippen molar-refractivity contribution in [2.24, 2.45) is 0 Å². The molecule has 10 heteroatoms. The van der Waals surface area contributed by atoms with E-state index >= 15 is 0 Å². The van der Waals surface area contributed by atoms with Gasteiger partial charge in [-0.1, -0.05) is 89.6 Å². The van der Waals surface area contributed by atoms with Gasteiger partial charge < -0.3 is 10.6 Å². The number of halogens is 2. The molecule has 0 saturated carbocycles. The van der Waals surface area contributed by atoms with Crippen molar-refractivity contribution in [1.82, 2.24) is 5.32 Å². The summed E-state index contributed by atoms with van der Waals surface area (Å²) in [6.07, 6.45) is 1.50. The van der Waals surface area contributed by atoms with Gasteiger partial charge in [-0.05, 0) is 78.4 Å². The molecule has 1 heterocycles. The maximum atomic E-state index is 13.7. The molecular weight excluding hydrogens is 657 g/mol. The summed E-state index contributed by atoms with van der Waals surface area (Å²) in [4.78, 5) is 44.8. The number of para-hydroxylation sites is 2. The van der Waals surface area contributed by atoms with Crippen LogP contribution in [0.25, 0.3) is 6.08 Å². The zero-order chi connectivity index (χ0) is 32.0. The lowest BCUT2D eigenvalue weighted by atomic mass is 10.1. The van der Waals surface area contributed by atoms with Crippen molar-refractivity contribution in [3.8, 4) is 0 Å². The number of benzene rings is 5. The van der Waals surface area contributed by atoms with Crippen LogP contribution in [-0.4, -0.2) is 23.5 Å². The molecule has 0 unspecified atom stereocenters. The predicted molar refractivity (Wildman–Crippen MR) is 188 cm³/mol. The quantitative estimate of drug-likeness (QED) is 0.126. The molecule has 0 spiro atoms. The smallest absolute Gasteiger partial charge is 0.272 e. The van der Waals surface area contributed by atoms with Crippen LogP contribution in [0, 0.1) is 0 Å². The molecule has 0 aromatic heterocycles. The van der Waals surface area contributed by atoms with Crippen molar-refractivity contribution in [1.29, 1.82) is 0 Å². The molecule has 2 N–H and O–H groups in total. The van der Waals surface area contributed by atoms with Crippen LogP contribution < -0.4 is 15.5 Å². The summed E-state index contributed by atoms with van der Waals surface area (Å²) < 4.78 is 0. The maximum absolute atomic E-state index is 13.7. The highest BCUT2D eigenvalue weighted by Gasteiger charge is 2.27. The van der Waals surface area contributed by atoms with E-state index in [1.54, 1.807) is 83.4 Å². The van der Waals surface area contributed by atoms with Gasteiger partial charge in [-0.25, -0.2) is 0 Å². The first-order chi connectivity index (χ1) is 22.4. The Morgan fingerprint density at radius 3 is 2.13 bits per heavy atom. The average Bonchev–Trinajstić information content (AvgIpc) is 3.07. The highest BCUT2D eigenvalue weighted by molar-refractivity contribution is 8.00. The van der Waals surface area contributed by atoms with Crippen molar-refractivity contribution in [2.75, 3.05) is 16.0 Å². The lowest BCUT2D eigenvalue weighted by molar-refractivity contribution is -0.115. The molecule has 6 rings (SSSR count). The van der Waals surface area contributed by atoms with Gasteiger partial charge in [0.1, 0.15) is 5.70 Å². The summed E-state index contributed by atoms with van der Waals surface area (Å²) in [6.45, 7) is 0. The Balaban J connectivity index is 1.19. The number of carbonyl (C=O) groups excluding carboxylic acids is 3. The first-order valence-corrected chi connectivity index (χ1v) is 16.7. The zero-order valence-corrected chi connectivity index (χ0v) is 27.2.